The Kier molecular flexibility index (Phi) is 4.56. The molecule has 0 fully saturated rings. The first-order chi connectivity index (χ1) is 10.8. The van der Waals surface area contributed by atoms with Crippen molar-refractivity contribution in [2.75, 3.05) is 7.11 Å². The molecule has 1 aromatic carbocycles. The van der Waals surface area contributed by atoms with Crippen LogP contribution in [0.5, 0.6) is 5.75 Å². The fraction of sp³-hybridized carbons (Fsp3) is 0.235. The van der Waals surface area contributed by atoms with Crippen LogP contribution in [-0.2, 0) is 13.6 Å². The number of nitrogens with one attached hydrogen (secondary N) is 1. The minimum atomic E-state index is 0.0470. The number of imidazole rings is 1. The van der Waals surface area contributed by atoms with E-state index in [1.54, 1.807) is 18.4 Å². The van der Waals surface area contributed by atoms with Gasteiger partial charge in [-0.1, -0.05) is 12.1 Å². The second kappa shape index (κ2) is 6.77. The van der Waals surface area contributed by atoms with Crippen molar-refractivity contribution < 1.29 is 4.74 Å². The van der Waals surface area contributed by atoms with E-state index in [2.05, 4.69) is 43.8 Å². The molecule has 0 aliphatic rings. The van der Waals surface area contributed by atoms with Gasteiger partial charge < -0.3 is 9.30 Å². The third kappa shape index (κ3) is 3.21. The average molecular weight is 313 g/mol. The molecule has 3 aromatic rings. The molecule has 0 amide bonds. The molecule has 0 saturated heterocycles. The highest BCUT2D eigenvalue weighted by Crippen LogP contribution is 2.23. The molecular weight excluding hydrogens is 294 g/mol. The molecule has 1 N–H and O–H groups in total. The maximum absolute atomic E-state index is 5.24. The van der Waals surface area contributed by atoms with Crippen molar-refractivity contribution in [3.8, 4) is 5.75 Å². The number of hydrogen-bond acceptors (Lipinski definition) is 4. The summed E-state index contributed by atoms with van der Waals surface area (Å²) in [6, 6.07) is 10.3. The van der Waals surface area contributed by atoms with E-state index < -0.39 is 0 Å². The summed E-state index contributed by atoms with van der Waals surface area (Å²) in [6.07, 6.45) is 3.80. The lowest BCUT2D eigenvalue weighted by molar-refractivity contribution is 0.414. The third-order valence-electron chi connectivity index (χ3n) is 3.66. The van der Waals surface area contributed by atoms with Crippen LogP contribution in [0.25, 0.3) is 0 Å². The second-order valence-corrected chi connectivity index (χ2v) is 5.90. The summed E-state index contributed by atoms with van der Waals surface area (Å²) in [5, 5.41) is 7.86. The lowest BCUT2D eigenvalue weighted by Crippen LogP contribution is -2.24. The Labute approximate surface area is 134 Å². The molecule has 114 valence electrons. The SMILES string of the molecule is COc1ccc([C@H](NCc2ccsc2)c2nccn2C)cc1. The van der Waals surface area contributed by atoms with Crippen LogP contribution in [0, 0.1) is 0 Å². The smallest absolute Gasteiger partial charge is 0.130 e. The van der Waals surface area contributed by atoms with E-state index in [0.717, 1.165) is 18.1 Å². The summed E-state index contributed by atoms with van der Waals surface area (Å²) < 4.78 is 7.29. The van der Waals surface area contributed by atoms with Gasteiger partial charge in [0.25, 0.3) is 0 Å². The van der Waals surface area contributed by atoms with E-state index in [0.29, 0.717) is 0 Å². The summed E-state index contributed by atoms with van der Waals surface area (Å²) in [6.45, 7) is 0.813. The molecule has 3 rings (SSSR count). The number of benzene rings is 1. The molecule has 5 heteroatoms. The quantitative estimate of drug-likeness (QED) is 0.758. The number of ether oxygens (including phenoxy) is 1. The van der Waals surface area contributed by atoms with Crippen LogP contribution >= 0.6 is 11.3 Å². The monoisotopic (exact) mass is 313 g/mol. The fourth-order valence-corrected chi connectivity index (χ4v) is 3.09. The highest BCUT2D eigenvalue weighted by molar-refractivity contribution is 7.07. The fourth-order valence-electron chi connectivity index (χ4n) is 2.42. The maximum atomic E-state index is 5.24. The Balaban J connectivity index is 1.86. The van der Waals surface area contributed by atoms with E-state index in [1.165, 1.54) is 11.1 Å². The van der Waals surface area contributed by atoms with Crippen LogP contribution in [0.2, 0.25) is 0 Å². The summed E-state index contributed by atoms with van der Waals surface area (Å²) >= 11 is 1.72. The van der Waals surface area contributed by atoms with Crippen molar-refractivity contribution in [2.24, 2.45) is 7.05 Å². The zero-order chi connectivity index (χ0) is 15.4. The standard InChI is InChI=1S/C17H19N3OS/c1-20-9-8-18-17(20)16(19-11-13-7-10-22-12-13)14-3-5-15(21-2)6-4-14/h3-10,12,16,19H,11H2,1-2H3/t16-/m0/s1. The van der Waals surface area contributed by atoms with Gasteiger partial charge in [0.1, 0.15) is 11.6 Å². The molecular formula is C17H19N3OS. The van der Waals surface area contributed by atoms with Gasteiger partial charge in [0.15, 0.2) is 0 Å². The Morgan fingerprint density at radius 1 is 1.27 bits per heavy atom. The molecule has 0 aliphatic heterocycles. The summed E-state index contributed by atoms with van der Waals surface area (Å²) in [4.78, 5) is 4.51. The van der Waals surface area contributed by atoms with E-state index in [1.807, 2.05) is 31.6 Å². The Bertz CT molecular complexity index is 704. The molecule has 2 heterocycles. The zero-order valence-electron chi connectivity index (χ0n) is 12.7. The highest BCUT2D eigenvalue weighted by atomic mass is 32.1. The molecule has 22 heavy (non-hydrogen) atoms. The van der Waals surface area contributed by atoms with Gasteiger partial charge in [-0.2, -0.15) is 11.3 Å². The van der Waals surface area contributed by atoms with Gasteiger partial charge in [0.2, 0.25) is 0 Å². The molecule has 0 spiro atoms. The van der Waals surface area contributed by atoms with Crippen LogP contribution in [0.1, 0.15) is 23.0 Å². The van der Waals surface area contributed by atoms with Crippen molar-refractivity contribution in [2.45, 2.75) is 12.6 Å². The molecule has 1 atom stereocenters. The molecule has 0 unspecified atom stereocenters. The zero-order valence-corrected chi connectivity index (χ0v) is 13.5. The summed E-state index contributed by atoms with van der Waals surface area (Å²) in [7, 11) is 3.70. The second-order valence-electron chi connectivity index (χ2n) is 5.12. The Morgan fingerprint density at radius 3 is 2.68 bits per heavy atom. The Morgan fingerprint density at radius 2 is 2.09 bits per heavy atom. The highest BCUT2D eigenvalue weighted by Gasteiger charge is 2.18. The number of hydrogen-bond donors (Lipinski definition) is 1. The van der Waals surface area contributed by atoms with Crippen molar-refractivity contribution in [3.05, 3.63) is 70.4 Å². The van der Waals surface area contributed by atoms with Gasteiger partial charge in [-0.25, -0.2) is 4.98 Å². The number of nitrogens with zero attached hydrogens (tertiary/aromatic N) is 2. The van der Waals surface area contributed by atoms with Crippen LogP contribution < -0.4 is 10.1 Å². The van der Waals surface area contributed by atoms with Crippen LogP contribution in [0.15, 0.2) is 53.5 Å². The average Bonchev–Trinajstić information content (AvgIpc) is 3.20. The third-order valence-corrected chi connectivity index (χ3v) is 4.39. The van der Waals surface area contributed by atoms with E-state index in [4.69, 9.17) is 4.74 Å². The number of rotatable bonds is 6. The number of aromatic nitrogens is 2. The van der Waals surface area contributed by atoms with Gasteiger partial charge in [-0.3, -0.25) is 5.32 Å². The molecule has 0 aliphatic carbocycles. The predicted octanol–water partition coefficient (Wildman–Crippen LogP) is 3.37. The van der Waals surface area contributed by atoms with Gasteiger partial charge in [-0.05, 0) is 40.1 Å². The van der Waals surface area contributed by atoms with Crippen molar-refractivity contribution in [1.82, 2.24) is 14.9 Å². The largest absolute Gasteiger partial charge is 0.497 e. The van der Waals surface area contributed by atoms with E-state index in [-0.39, 0.29) is 6.04 Å². The molecule has 0 saturated carbocycles. The molecule has 4 nitrogen and oxygen atoms in total. The summed E-state index contributed by atoms with van der Waals surface area (Å²) in [5.41, 5.74) is 2.46. The number of methoxy groups -OCH3 is 1. The summed E-state index contributed by atoms with van der Waals surface area (Å²) in [5.74, 6) is 1.86. The predicted molar refractivity (Wildman–Crippen MR) is 89.2 cm³/mol. The lowest BCUT2D eigenvalue weighted by atomic mass is 10.1. The van der Waals surface area contributed by atoms with Gasteiger partial charge in [0.05, 0.1) is 13.2 Å². The Hall–Kier alpha value is -2.11. The lowest BCUT2D eigenvalue weighted by Gasteiger charge is -2.19. The van der Waals surface area contributed by atoms with Gasteiger partial charge in [-0.15, -0.1) is 0 Å². The topological polar surface area (TPSA) is 39.1 Å². The van der Waals surface area contributed by atoms with Crippen LogP contribution in [0.4, 0.5) is 0 Å². The van der Waals surface area contributed by atoms with E-state index >= 15 is 0 Å². The van der Waals surface area contributed by atoms with Crippen molar-refractivity contribution >= 4 is 11.3 Å². The van der Waals surface area contributed by atoms with Crippen molar-refractivity contribution in [1.29, 1.82) is 0 Å². The van der Waals surface area contributed by atoms with Gasteiger partial charge in [0, 0.05) is 26.0 Å². The normalized spacial score (nSPS) is 12.3. The minimum absolute atomic E-state index is 0.0470. The van der Waals surface area contributed by atoms with Gasteiger partial charge >= 0.3 is 0 Å². The first-order valence-electron chi connectivity index (χ1n) is 7.13. The first-order valence-corrected chi connectivity index (χ1v) is 8.08. The minimum Gasteiger partial charge on any atom is -0.497 e. The van der Waals surface area contributed by atoms with Crippen LogP contribution in [0.3, 0.4) is 0 Å². The van der Waals surface area contributed by atoms with Crippen LogP contribution in [-0.4, -0.2) is 16.7 Å². The molecule has 0 bridgehead atoms. The van der Waals surface area contributed by atoms with E-state index in [9.17, 15) is 0 Å². The number of aryl methyl sites for hydroxylation is 1. The molecule has 0 radical (unpaired) electrons. The molecule has 2 aromatic heterocycles. The first kappa shape index (κ1) is 14.8. The maximum Gasteiger partial charge on any atom is 0.130 e. The number of thiophene rings is 1. The van der Waals surface area contributed by atoms with Crippen molar-refractivity contribution in [3.63, 3.8) is 0 Å².